The summed E-state index contributed by atoms with van der Waals surface area (Å²) in [6.45, 7) is 0. The Hall–Kier alpha value is -1.75. The van der Waals surface area contributed by atoms with Gasteiger partial charge >= 0.3 is 0 Å². The fraction of sp³-hybridized carbons (Fsp3) is 0.133. The van der Waals surface area contributed by atoms with E-state index < -0.39 is 11.6 Å². The van der Waals surface area contributed by atoms with Crippen LogP contribution in [-0.2, 0) is 6.42 Å². The fourth-order valence-corrected chi connectivity index (χ4v) is 2.38. The molecule has 104 valence electrons. The summed E-state index contributed by atoms with van der Waals surface area (Å²) < 4.78 is 31.9. The summed E-state index contributed by atoms with van der Waals surface area (Å²) in [5.74, 6) is -0.996. The van der Waals surface area contributed by atoms with Crippen molar-refractivity contribution in [3.8, 4) is 5.75 Å². The van der Waals surface area contributed by atoms with Crippen molar-refractivity contribution >= 4 is 21.7 Å². The maximum Gasteiger partial charge on any atom is 0.167 e. The minimum absolute atomic E-state index is 0.0621. The van der Waals surface area contributed by atoms with Crippen LogP contribution in [0.25, 0.3) is 0 Å². The number of ketones is 1. The lowest BCUT2D eigenvalue weighted by Crippen LogP contribution is -2.04. The molecule has 0 aliphatic carbocycles. The zero-order valence-corrected chi connectivity index (χ0v) is 12.2. The van der Waals surface area contributed by atoms with Crippen molar-refractivity contribution in [2.75, 3.05) is 7.11 Å². The van der Waals surface area contributed by atoms with Crippen molar-refractivity contribution in [3.05, 3.63) is 63.6 Å². The van der Waals surface area contributed by atoms with Gasteiger partial charge in [0.1, 0.15) is 17.4 Å². The highest BCUT2D eigenvalue weighted by Gasteiger charge is 2.11. The zero-order chi connectivity index (χ0) is 14.7. The van der Waals surface area contributed by atoms with Crippen LogP contribution >= 0.6 is 15.9 Å². The predicted molar refractivity (Wildman–Crippen MR) is 75.1 cm³/mol. The molecule has 0 unspecified atom stereocenters. The molecule has 0 N–H and O–H groups in total. The smallest absolute Gasteiger partial charge is 0.167 e. The quantitative estimate of drug-likeness (QED) is 0.781. The molecule has 0 fully saturated rings. The number of hydrogen-bond acceptors (Lipinski definition) is 2. The van der Waals surface area contributed by atoms with E-state index in [2.05, 4.69) is 15.9 Å². The van der Waals surface area contributed by atoms with Crippen molar-refractivity contribution in [1.82, 2.24) is 0 Å². The molecule has 0 spiro atoms. The highest BCUT2D eigenvalue weighted by molar-refractivity contribution is 9.10. The van der Waals surface area contributed by atoms with Gasteiger partial charge in [-0.1, -0.05) is 0 Å². The third-order valence-corrected chi connectivity index (χ3v) is 3.38. The van der Waals surface area contributed by atoms with E-state index in [-0.39, 0.29) is 12.2 Å². The second-order valence-corrected chi connectivity index (χ2v) is 5.08. The number of ether oxygens (including phenoxy) is 1. The van der Waals surface area contributed by atoms with Gasteiger partial charge in [-0.2, -0.15) is 0 Å². The third kappa shape index (κ3) is 3.42. The van der Waals surface area contributed by atoms with E-state index in [0.717, 1.165) is 18.2 Å². The van der Waals surface area contributed by atoms with Crippen molar-refractivity contribution in [2.24, 2.45) is 0 Å². The number of hydrogen-bond donors (Lipinski definition) is 0. The predicted octanol–water partition coefficient (Wildman–Crippen LogP) is 4.16. The molecular weight excluding hydrogens is 330 g/mol. The number of rotatable bonds is 4. The summed E-state index contributed by atoms with van der Waals surface area (Å²) in [5, 5.41) is 0. The molecule has 5 heteroatoms. The van der Waals surface area contributed by atoms with E-state index in [4.69, 9.17) is 4.74 Å². The van der Waals surface area contributed by atoms with Gasteiger partial charge in [0.2, 0.25) is 0 Å². The first-order valence-corrected chi connectivity index (χ1v) is 6.60. The van der Waals surface area contributed by atoms with E-state index in [1.54, 1.807) is 18.2 Å². The van der Waals surface area contributed by atoms with Gasteiger partial charge in [0.25, 0.3) is 0 Å². The molecule has 0 amide bonds. The van der Waals surface area contributed by atoms with Crippen molar-refractivity contribution in [2.45, 2.75) is 6.42 Å². The Morgan fingerprint density at radius 2 is 1.80 bits per heavy atom. The van der Waals surface area contributed by atoms with Crippen LogP contribution in [0.2, 0.25) is 0 Å². The monoisotopic (exact) mass is 340 g/mol. The van der Waals surface area contributed by atoms with Crippen LogP contribution in [-0.4, -0.2) is 12.9 Å². The zero-order valence-electron chi connectivity index (χ0n) is 10.6. The third-order valence-electron chi connectivity index (χ3n) is 2.76. The van der Waals surface area contributed by atoms with E-state index in [0.29, 0.717) is 21.3 Å². The average Bonchev–Trinajstić information content (AvgIpc) is 2.37. The first kappa shape index (κ1) is 14.7. The molecule has 0 aliphatic heterocycles. The average molecular weight is 341 g/mol. The lowest BCUT2D eigenvalue weighted by atomic mass is 10.0. The number of methoxy groups -OCH3 is 1. The Kier molecular flexibility index (Phi) is 4.49. The van der Waals surface area contributed by atoms with Gasteiger partial charge in [0, 0.05) is 18.1 Å². The summed E-state index contributed by atoms with van der Waals surface area (Å²) >= 11 is 3.29. The molecule has 0 saturated heterocycles. The van der Waals surface area contributed by atoms with Crippen molar-refractivity contribution in [3.63, 3.8) is 0 Å². The summed E-state index contributed by atoms with van der Waals surface area (Å²) in [4.78, 5) is 12.1. The number of halogens is 3. The highest BCUT2D eigenvalue weighted by Crippen LogP contribution is 2.26. The molecule has 0 aliphatic rings. The largest absolute Gasteiger partial charge is 0.496 e. The second kappa shape index (κ2) is 6.13. The molecule has 2 aromatic carbocycles. The van der Waals surface area contributed by atoms with Gasteiger partial charge in [-0.05, 0) is 51.8 Å². The van der Waals surface area contributed by atoms with E-state index in [9.17, 15) is 13.6 Å². The normalized spacial score (nSPS) is 10.4. The molecule has 0 radical (unpaired) electrons. The van der Waals surface area contributed by atoms with E-state index >= 15 is 0 Å². The van der Waals surface area contributed by atoms with Crippen LogP contribution in [0.5, 0.6) is 5.75 Å². The molecular formula is C15H11BrF2O2. The van der Waals surface area contributed by atoms with Gasteiger partial charge < -0.3 is 4.74 Å². The standard InChI is InChI=1S/C15H11BrF2O2/c1-20-15-3-2-10(7-13(15)16)14(19)6-9-4-11(17)8-12(18)5-9/h2-5,7-8H,6H2,1H3. The van der Waals surface area contributed by atoms with Gasteiger partial charge in [0.15, 0.2) is 5.78 Å². The Morgan fingerprint density at radius 1 is 1.15 bits per heavy atom. The Labute approximate surface area is 123 Å². The SMILES string of the molecule is COc1ccc(C(=O)Cc2cc(F)cc(F)c2)cc1Br. The van der Waals surface area contributed by atoms with Crippen LogP contribution in [0.3, 0.4) is 0 Å². The van der Waals surface area contributed by atoms with E-state index in [1.165, 1.54) is 7.11 Å². The summed E-state index contributed by atoms with van der Waals surface area (Å²) in [6, 6.07) is 7.97. The van der Waals surface area contributed by atoms with Crippen LogP contribution in [0.4, 0.5) is 8.78 Å². The number of Topliss-reactive ketones (excluding diaryl/α,β-unsaturated/α-hetero) is 1. The minimum Gasteiger partial charge on any atom is -0.496 e. The topological polar surface area (TPSA) is 26.3 Å². The molecule has 0 heterocycles. The summed E-state index contributed by atoms with van der Waals surface area (Å²) in [6.07, 6.45) is -0.0621. The lowest BCUT2D eigenvalue weighted by Gasteiger charge is -2.06. The van der Waals surface area contributed by atoms with Gasteiger partial charge in [0.05, 0.1) is 11.6 Å². The molecule has 0 aromatic heterocycles. The molecule has 0 saturated carbocycles. The van der Waals surface area contributed by atoms with Crippen LogP contribution in [0.1, 0.15) is 15.9 Å². The Morgan fingerprint density at radius 3 is 2.35 bits per heavy atom. The van der Waals surface area contributed by atoms with Gasteiger partial charge in [-0.25, -0.2) is 8.78 Å². The van der Waals surface area contributed by atoms with Crippen LogP contribution in [0, 0.1) is 11.6 Å². The molecule has 2 rings (SSSR count). The molecule has 0 atom stereocenters. The number of carbonyl (C=O) groups excluding carboxylic acids is 1. The summed E-state index contributed by atoms with van der Waals surface area (Å²) in [7, 11) is 1.52. The first-order chi connectivity index (χ1) is 9.49. The maximum absolute atomic E-state index is 13.1. The molecule has 2 nitrogen and oxygen atoms in total. The molecule has 20 heavy (non-hydrogen) atoms. The second-order valence-electron chi connectivity index (χ2n) is 4.23. The summed E-state index contributed by atoms with van der Waals surface area (Å²) in [5.41, 5.74) is 0.752. The number of carbonyl (C=O) groups is 1. The van der Waals surface area contributed by atoms with Crippen LogP contribution < -0.4 is 4.74 Å². The van der Waals surface area contributed by atoms with Crippen molar-refractivity contribution < 1.29 is 18.3 Å². The first-order valence-electron chi connectivity index (χ1n) is 5.81. The number of benzene rings is 2. The fourth-order valence-electron chi connectivity index (χ4n) is 1.84. The van der Waals surface area contributed by atoms with Crippen LogP contribution in [0.15, 0.2) is 40.9 Å². The maximum atomic E-state index is 13.1. The highest BCUT2D eigenvalue weighted by atomic mass is 79.9. The van der Waals surface area contributed by atoms with E-state index in [1.807, 2.05) is 0 Å². The Bertz CT molecular complexity index is 636. The minimum atomic E-state index is -0.691. The lowest BCUT2D eigenvalue weighted by molar-refractivity contribution is 0.0993. The van der Waals surface area contributed by atoms with Gasteiger partial charge in [-0.15, -0.1) is 0 Å². The van der Waals surface area contributed by atoms with Gasteiger partial charge in [-0.3, -0.25) is 4.79 Å². The Balaban J connectivity index is 2.21. The molecule has 2 aromatic rings. The van der Waals surface area contributed by atoms with Crippen molar-refractivity contribution in [1.29, 1.82) is 0 Å². The molecule has 0 bridgehead atoms.